The number of nitrogens with zero attached hydrogens (tertiary/aromatic N) is 1. The zero-order valence-corrected chi connectivity index (χ0v) is 11.9. The molecule has 0 aliphatic rings. The van der Waals surface area contributed by atoms with Crippen molar-refractivity contribution in [1.82, 2.24) is 5.32 Å². The van der Waals surface area contributed by atoms with Crippen LogP contribution in [0.2, 0.25) is 0 Å². The second-order valence-electron chi connectivity index (χ2n) is 6.36. The van der Waals surface area contributed by atoms with Gasteiger partial charge in [-0.15, -0.1) is 0 Å². The summed E-state index contributed by atoms with van der Waals surface area (Å²) in [6, 6.07) is -0.502. The van der Waals surface area contributed by atoms with Crippen LogP contribution in [0.4, 0.5) is 4.79 Å². The van der Waals surface area contributed by atoms with E-state index in [9.17, 15) is 4.79 Å². The van der Waals surface area contributed by atoms with Crippen molar-refractivity contribution in [2.45, 2.75) is 66.2 Å². The largest absolute Gasteiger partial charge is 0.444 e. The number of hydrogen-bond acceptors (Lipinski definition) is 2. The molecule has 0 aromatic heterocycles. The van der Waals surface area contributed by atoms with Crippen molar-refractivity contribution in [1.29, 1.82) is 0 Å². The fraction of sp³-hybridized carbons (Fsp3) is 0.846. The highest BCUT2D eigenvalue weighted by atomic mass is 16.6. The number of hydrogen-bond donors (Lipinski definition) is 1. The Morgan fingerprint density at radius 1 is 1.24 bits per heavy atom. The van der Waals surface area contributed by atoms with Crippen molar-refractivity contribution < 1.29 is 9.53 Å². The van der Waals surface area contributed by atoms with Gasteiger partial charge in [0.2, 0.25) is 6.04 Å². The second kappa shape index (κ2) is 5.39. The summed E-state index contributed by atoms with van der Waals surface area (Å²) >= 11 is 0. The van der Waals surface area contributed by atoms with Gasteiger partial charge in [-0.3, -0.25) is 0 Å². The molecule has 1 N–H and O–H groups in total. The molecule has 0 aromatic rings. The molecule has 0 aliphatic carbocycles. The zero-order valence-electron chi connectivity index (χ0n) is 11.9. The monoisotopic (exact) mass is 240 g/mol. The molecule has 0 bridgehead atoms. The van der Waals surface area contributed by atoms with E-state index in [-0.39, 0.29) is 17.5 Å². The highest BCUT2D eigenvalue weighted by molar-refractivity contribution is 5.68. The van der Waals surface area contributed by atoms with Crippen LogP contribution >= 0.6 is 0 Å². The Kier molecular flexibility index (Phi) is 5.00. The number of alkyl carbamates (subject to hydrolysis) is 1. The standard InChI is InChI=1S/C13H24N2O2/c1-9(14-8)10(12(2,3)4)15-11(16)17-13(5,6)7/h9-10H,1-7H3,(H,15,16). The number of carbonyl (C=O) groups is 1. The quantitative estimate of drug-likeness (QED) is 0.753. The van der Waals surface area contributed by atoms with Gasteiger partial charge in [-0.1, -0.05) is 20.8 Å². The van der Waals surface area contributed by atoms with E-state index in [0.717, 1.165) is 0 Å². The molecule has 0 saturated carbocycles. The van der Waals surface area contributed by atoms with Gasteiger partial charge in [0.25, 0.3) is 0 Å². The van der Waals surface area contributed by atoms with Gasteiger partial charge in [-0.05, 0) is 26.2 Å². The third-order valence-corrected chi connectivity index (χ3v) is 2.29. The van der Waals surface area contributed by atoms with Gasteiger partial charge in [0.15, 0.2) is 0 Å². The van der Waals surface area contributed by atoms with E-state index < -0.39 is 11.7 Å². The van der Waals surface area contributed by atoms with E-state index in [2.05, 4.69) is 10.2 Å². The molecule has 2 unspecified atom stereocenters. The molecule has 4 nitrogen and oxygen atoms in total. The second-order valence-corrected chi connectivity index (χ2v) is 6.36. The molecule has 4 heteroatoms. The lowest BCUT2D eigenvalue weighted by Crippen LogP contribution is -2.50. The molecule has 1 amide bonds. The first-order chi connectivity index (χ1) is 7.47. The summed E-state index contributed by atoms with van der Waals surface area (Å²) < 4.78 is 5.21. The molecule has 0 rings (SSSR count). The van der Waals surface area contributed by atoms with Gasteiger partial charge in [-0.2, -0.15) is 0 Å². The Balaban J connectivity index is 4.69. The SMILES string of the molecule is [C-]#[N+]C(C)C(NC(=O)OC(C)(C)C)C(C)(C)C. The molecule has 98 valence electrons. The maximum absolute atomic E-state index is 11.7. The smallest absolute Gasteiger partial charge is 0.408 e. The summed E-state index contributed by atoms with van der Waals surface area (Å²) in [4.78, 5) is 15.2. The van der Waals surface area contributed by atoms with E-state index in [1.807, 2.05) is 41.5 Å². The fourth-order valence-corrected chi connectivity index (χ4v) is 1.57. The van der Waals surface area contributed by atoms with Crippen LogP contribution < -0.4 is 5.32 Å². The fourth-order valence-electron chi connectivity index (χ4n) is 1.57. The number of amides is 1. The first kappa shape index (κ1) is 15.8. The average molecular weight is 240 g/mol. The molecule has 2 atom stereocenters. The van der Waals surface area contributed by atoms with Crippen LogP contribution in [0.1, 0.15) is 48.5 Å². The van der Waals surface area contributed by atoms with Crippen molar-refractivity contribution in [3.05, 3.63) is 11.4 Å². The van der Waals surface area contributed by atoms with Gasteiger partial charge >= 0.3 is 6.09 Å². The molecular weight excluding hydrogens is 216 g/mol. The van der Waals surface area contributed by atoms with Crippen LogP contribution in [-0.4, -0.2) is 23.8 Å². The number of rotatable bonds is 2. The molecule has 17 heavy (non-hydrogen) atoms. The van der Waals surface area contributed by atoms with Crippen molar-refractivity contribution in [2.24, 2.45) is 5.41 Å². The minimum Gasteiger partial charge on any atom is -0.444 e. The van der Waals surface area contributed by atoms with E-state index in [0.29, 0.717) is 0 Å². The Morgan fingerprint density at radius 3 is 2.00 bits per heavy atom. The minimum atomic E-state index is -0.520. The van der Waals surface area contributed by atoms with Crippen molar-refractivity contribution in [2.75, 3.05) is 0 Å². The van der Waals surface area contributed by atoms with Crippen LogP contribution in [0.25, 0.3) is 4.85 Å². The molecule has 0 radical (unpaired) electrons. The summed E-state index contributed by atoms with van der Waals surface area (Å²) in [5.41, 5.74) is -0.700. The average Bonchev–Trinajstić information content (AvgIpc) is 2.08. The van der Waals surface area contributed by atoms with E-state index in [1.54, 1.807) is 6.92 Å². The van der Waals surface area contributed by atoms with Crippen LogP contribution in [0, 0.1) is 12.0 Å². The Labute approximate surface area is 105 Å². The van der Waals surface area contributed by atoms with E-state index in [1.165, 1.54) is 0 Å². The molecule has 0 aromatic carbocycles. The maximum Gasteiger partial charge on any atom is 0.408 e. The third kappa shape index (κ3) is 6.15. The van der Waals surface area contributed by atoms with Gasteiger partial charge in [0, 0.05) is 6.92 Å². The third-order valence-electron chi connectivity index (χ3n) is 2.29. The Hall–Kier alpha value is -1.24. The van der Waals surface area contributed by atoms with Crippen LogP contribution in [0.3, 0.4) is 0 Å². The Morgan fingerprint density at radius 2 is 1.71 bits per heavy atom. The predicted octanol–water partition coefficient (Wildman–Crippen LogP) is 3.23. The highest BCUT2D eigenvalue weighted by Crippen LogP contribution is 2.24. The number of ether oxygens (including phenoxy) is 1. The molecule has 0 heterocycles. The Bertz CT molecular complexity index is 305. The highest BCUT2D eigenvalue weighted by Gasteiger charge is 2.35. The first-order valence-electron chi connectivity index (χ1n) is 5.83. The lowest BCUT2D eigenvalue weighted by Gasteiger charge is -2.31. The van der Waals surface area contributed by atoms with Crippen molar-refractivity contribution >= 4 is 6.09 Å². The summed E-state index contributed by atoms with van der Waals surface area (Å²) in [7, 11) is 0. The topological polar surface area (TPSA) is 42.7 Å². The summed E-state index contributed by atoms with van der Waals surface area (Å²) in [6.07, 6.45) is -0.465. The lowest BCUT2D eigenvalue weighted by molar-refractivity contribution is 0.0458. The maximum atomic E-state index is 11.7. The van der Waals surface area contributed by atoms with Crippen molar-refractivity contribution in [3.8, 4) is 0 Å². The molecule has 0 aliphatic heterocycles. The molecule has 0 saturated heterocycles. The summed E-state index contributed by atoms with van der Waals surface area (Å²) in [6.45, 7) is 20.3. The van der Waals surface area contributed by atoms with Crippen LogP contribution in [0.5, 0.6) is 0 Å². The van der Waals surface area contributed by atoms with Gasteiger partial charge in [-0.25, -0.2) is 11.4 Å². The minimum absolute atomic E-state index is 0.180. The van der Waals surface area contributed by atoms with Gasteiger partial charge in [0.1, 0.15) is 11.6 Å². The number of nitrogens with one attached hydrogen (secondary N) is 1. The van der Waals surface area contributed by atoms with Crippen molar-refractivity contribution in [3.63, 3.8) is 0 Å². The summed E-state index contributed by atoms with van der Waals surface area (Å²) in [5.74, 6) is 0. The first-order valence-corrected chi connectivity index (χ1v) is 5.83. The summed E-state index contributed by atoms with van der Waals surface area (Å²) in [5, 5.41) is 2.79. The van der Waals surface area contributed by atoms with E-state index in [4.69, 9.17) is 11.3 Å². The van der Waals surface area contributed by atoms with Gasteiger partial charge in [0.05, 0.1) is 0 Å². The number of carbonyl (C=O) groups excluding carboxylic acids is 1. The zero-order chi connectivity index (χ0) is 13.9. The normalized spacial score (nSPS) is 15.6. The van der Waals surface area contributed by atoms with Crippen LogP contribution in [0.15, 0.2) is 0 Å². The molecular formula is C13H24N2O2. The lowest BCUT2D eigenvalue weighted by atomic mass is 9.83. The predicted molar refractivity (Wildman–Crippen MR) is 68.7 cm³/mol. The molecule has 0 fully saturated rings. The van der Waals surface area contributed by atoms with E-state index >= 15 is 0 Å². The van der Waals surface area contributed by atoms with Crippen LogP contribution in [-0.2, 0) is 4.74 Å². The van der Waals surface area contributed by atoms with Gasteiger partial charge < -0.3 is 14.9 Å². The molecule has 0 spiro atoms.